The summed E-state index contributed by atoms with van der Waals surface area (Å²) in [6, 6.07) is 8.72. The molecule has 2 N–H and O–H groups in total. The van der Waals surface area contributed by atoms with Gasteiger partial charge in [-0.05, 0) is 37.6 Å². The van der Waals surface area contributed by atoms with Crippen LogP contribution in [-0.4, -0.2) is 81.8 Å². The Balaban J connectivity index is 1.67. The Morgan fingerprint density at radius 3 is 2.42 bits per heavy atom. The highest BCUT2D eigenvalue weighted by molar-refractivity contribution is 5.79. The second-order valence-electron chi connectivity index (χ2n) is 6.80. The van der Waals surface area contributed by atoms with E-state index >= 15 is 0 Å². The Kier molecular flexibility index (Phi) is 8.71. The molecule has 1 aliphatic rings. The van der Waals surface area contributed by atoms with E-state index in [2.05, 4.69) is 51.4 Å². The van der Waals surface area contributed by atoms with Crippen LogP contribution in [-0.2, 0) is 6.42 Å². The maximum atomic E-state index is 5.19. The van der Waals surface area contributed by atoms with Gasteiger partial charge in [0.1, 0.15) is 5.75 Å². The van der Waals surface area contributed by atoms with Crippen LogP contribution in [0.1, 0.15) is 19.4 Å². The first kappa shape index (κ1) is 20.5. The van der Waals surface area contributed by atoms with E-state index in [1.165, 1.54) is 18.7 Å². The van der Waals surface area contributed by atoms with Crippen LogP contribution >= 0.6 is 0 Å². The van der Waals surface area contributed by atoms with E-state index in [4.69, 9.17) is 4.74 Å². The Morgan fingerprint density at radius 2 is 1.85 bits per heavy atom. The molecular formula is C20H35N5O. The number of nitrogens with one attached hydrogen (secondary N) is 2. The molecular weight excluding hydrogens is 326 g/mol. The van der Waals surface area contributed by atoms with Crippen molar-refractivity contribution in [2.24, 2.45) is 4.99 Å². The number of guanidine groups is 1. The summed E-state index contributed by atoms with van der Waals surface area (Å²) >= 11 is 0. The summed E-state index contributed by atoms with van der Waals surface area (Å²) in [5.41, 5.74) is 1.29. The van der Waals surface area contributed by atoms with Crippen molar-refractivity contribution in [2.75, 3.05) is 60.0 Å². The minimum atomic E-state index is 0.508. The number of hydrogen-bond acceptors (Lipinski definition) is 4. The predicted molar refractivity (Wildman–Crippen MR) is 109 cm³/mol. The highest BCUT2D eigenvalue weighted by atomic mass is 16.5. The maximum Gasteiger partial charge on any atom is 0.191 e. The second kappa shape index (κ2) is 11.0. The number of likely N-dealkylation sites (N-methyl/N-ethyl adjacent to an activating group) is 1. The van der Waals surface area contributed by atoms with E-state index in [1.54, 1.807) is 7.11 Å². The van der Waals surface area contributed by atoms with Gasteiger partial charge in [0.05, 0.1) is 7.11 Å². The molecule has 1 heterocycles. The van der Waals surface area contributed by atoms with Crippen molar-refractivity contribution in [3.63, 3.8) is 0 Å². The number of hydrogen-bond donors (Lipinski definition) is 2. The van der Waals surface area contributed by atoms with Gasteiger partial charge in [0.15, 0.2) is 5.96 Å². The van der Waals surface area contributed by atoms with Crippen LogP contribution in [0.4, 0.5) is 0 Å². The molecule has 0 spiro atoms. The van der Waals surface area contributed by atoms with Crippen molar-refractivity contribution in [1.82, 2.24) is 20.4 Å². The zero-order chi connectivity index (χ0) is 18.8. The van der Waals surface area contributed by atoms with Gasteiger partial charge in [-0.2, -0.15) is 0 Å². The molecule has 6 nitrogen and oxygen atoms in total. The molecule has 0 amide bonds. The molecule has 0 aromatic heterocycles. The maximum absolute atomic E-state index is 5.19. The van der Waals surface area contributed by atoms with Gasteiger partial charge < -0.3 is 20.3 Å². The van der Waals surface area contributed by atoms with Crippen LogP contribution in [0.25, 0.3) is 0 Å². The lowest BCUT2D eigenvalue weighted by Gasteiger charge is -2.37. The van der Waals surface area contributed by atoms with Gasteiger partial charge in [0.2, 0.25) is 0 Å². The van der Waals surface area contributed by atoms with Crippen LogP contribution in [0, 0.1) is 0 Å². The predicted octanol–water partition coefficient (Wildman–Crippen LogP) is 1.43. The molecule has 0 saturated carbocycles. The lowest BCUT2D eigenvalue weighted by atomic mass is 10.1. The molecule has 1 aromatic rings. The number of piperazine rings is 1. The van der Waals surface area contributed by atoms with Gasteiger partial charge in [-0.3, -0.25) is 9.89 Å². The van der Waals surface area contributed by atoms with Crippen molar-refractivity contribution >= 4 is 5.96 Å². The van der Waals surface area contributed by atoms with Crippen molar-refractivity contribution in [1.29, 1.82) is 0 Å². The standard InChI is InChI=1S/C20H35N5O/c1-5-24-12-14-25(15-13-24)17(2)16-23-20(21-3)22-11-10-18-6-8-19(26-4)9-7-18/h6-9,17H,5,10-16H2,1-4H3,(H2,21,22,23). The lowest BCUT2D eigenvalue weighted by molar-refractivity contribution is 0.107. The summed E-state index contributed by atoms with van der Waals surface area (Å²) in [6.07, 6.45) is 0.958. The zero-order valence-electron chi connectivity index (χ0n) is 16.8. The lowest BCUT2D eigenvalue weighted by Crippen LogP contribution is -2.53. The number of benzene rings is 1. The first-order valence-corrected chi connectivity index (χ1v) is 9.70. The monoisotopic (exact) mass is 361 g/mol. The van der Waals surface area contributed by atoms with E-state index in [0.717, 1.165) is 50.9 Å². The first-order valence-electron chi connectivity index (χ1n) is 9.70. The van der Waals surface area contributed by atoms with Gasteiger partial charge in [-0.25, -0.2) is 0 Å². The largest absolute Gasteiger partial charge is 0.497 e. The van der Waals surface area contributed by atoms with E-state index in [9.17, 15) is 0 Å². The number of ether oxygens (including phenoxy) is 1. The number of nitrogens with zero attached hydrogens (tertiary/aromatic N) is 3. The molecule has 0 bridgehead atoms. The van der Waals surface area contributed by atoms with E-state index in [-0.39, 0.29) is 0 Å². The van der Waals surface area contributed by atoms with Gasteiger partial charge >= 0.3 is 0 Å². The van der Waals surface area contributed by atoms with E-state index < -0.39 is 0 Å². The molecule has 26 heavy (non-hydrogen) atoms. The summed E-state index contributed by atoms with van der Waals surface area (Å²) < 4.78 is 5.19. The molecule has 1 saturated heterocycles. The molecule has 0 aliphatic carbocycles. The van der Waals surface area contributed by atoms with Crippen molar-refractivity contribution in [2.45, 2.75) is 26.3 Å². The minimum Gasteiger partial charge on any atom is -0.497 e. The Bertz CT molecular complexity index is 538. The Hall–Kier alpha value is -1.79. The summed E-state index contributed by atoms with van der Waals surface area (Å²) in [4.78, 5) is 9.41. The molecule has 1 aliphatic heterocycles. The minimum absolute atomic E-state index is 0.508. The van der Waals surface area contributed by atoms with E-state index in [1.807, 2.05) is 19.2 Å². The molecule has 1 unspecified atom stereocenters. The molecule has 1 atom stereocenters. The van der Waals surface area contributed by atoms with Gasteiger partial charge in [-0.1, -0.05) is 19.1 Å². The summed E-state index contributed by atoms with van der Waals surface area (Å²) in [7, 11) is 3.52. The van der Waals surface area contributed by atoms with Gasteiger partial charge in [0.25, 0.3) is 0 Å². The van der Waals surface area contributed by atoms with E-state index in [0.29, 0.717) is 6.04 Å². The zero-order valence-corrected chi connectivity index (χ0v) is 16.8. The Morgan fingerprint density at radius 1 is 1.15 bits per heavy atom. The number of rotatable bonds is 8. The topological polar surface area (TPSA) is 52.1 Å². The average molecular weight is 362 g/mol. The highest BCUT2D eigenvalue weighted by Gasteiger charge is 2.20. The molecule has 1 fully saturated rings. The van der Waals surface area contributed by atoms with Crippen molar-refractivity contribution in [3.8, 4) is 5.75 Å². The van der Waals surface area contributed by atoms with Crippen LogP contribution in [0.3, 0.4) is 0 Å². The molecule has 0 radical (unpaired) electrons. The third kappa shape index (κ3) is 6.50. The van der Waals surface area contributed by atoms with Gasteiger partial charge in [0, 0.05) is 52.4 Å². The molecule has 146 valence electrons. The molecule has 6 heteroatoms. The number of aliphatic imine (C=N–C) groups is 1. The second-order valence-corrected chi connectivity index (χ2v) is 6.80. The summed E-state index contributed by atoms with van der Waals surface area (Å²) in [5.74, 6) is 1.77. The van der Waals surface area contributed by atoms with Crippen molar-refractivity contribution in [3.05, 3.63) is 29.8 Å². The quantitative estimate of drug-likeness (QED) is 0.542. The van der Waals surface area contributed by atoms with Crippen molar-refractivity contribution < 1.29 is 4.74 Å². The smallest absolute Gasteiger partial charge is 0.191 e. The number of methoxy groups -OCH3 is 1. The fourth-order valence-electron chi connectivity index (χ4n) is 3.23. The van der Waals surface area contributed by atoms with Crippen LogP contribution in [0.15, 0.2) is 29.3 Å². The molecule has 2 rings (SSSR count). The third-order valence-electron chi connectivity index (χ3n) is 5.13. The Labute approximate surface area is 158 Å². The summed E-state index contributed by atoms with van der Waals surface area (Å²) in [5, 5.41) is 6.86. The SMILES string of the molecule is CCN1CCN(C(C)CNC(=NC)NCCc2ccc(OC)cc2)CC1. The fraction of sp³-hybridized carbons (Fsp3) is 0.650. The van der Waals surface area contributed by atoms with Gasteiger partial charge in [-0.15, -0.1) is 0 Å². The van der Waals surface area contributed by atoms with Crippen LogP contribution < -0.4 is 15.4 Å². The first-order chi connectivity index (χ1) is 12.7. The van der Waals surface area contributed by atoms with Crippen LogP contribution in [0.2, 0.25) is 0 Å². The fourth-order valence-corrected chi connectivity index (χ4v) is 3.23. The third-order valence-corrected chi connectivity index (χ3v) is 5.13. The average Bonchev–Trinajstić information content (AvgIpc) is 2.70. The highest BCUT2D eigenvalue weighted by Crippen LogP contribution is 2.11. The molecule has 1 aromatic carbocycles. The summed E-state index contributed by atoms with van der Waals surface area (Å²) in [6.45, 7) is 12.1. The normalized spacial score (nSPS) is 17.8. The van der Waals surface area contributed by atoms with Crippen LogP contribution in [0.5, 0.6) is 5.75 Å².